The SMILES string of the molecule is NC(=O)Cc1oc2ccccc2c2nn(-c3ccc(Cl)cc3)c(=O)c1-2. The van der Waals surface area contributed by atoms with Gasteiger partial charge in [0.2, 0.25) is 5.91 Å². The summed E-state index contributed by atoms with van der Waals surface area (Å²) in [7, 11) is 0. The largest absolute Gasteiger partial charge is 0.460 e. The van der Waals surface area contributed by atoms with E-state index in [1.807, 2.05) is 12.1 Å². The number of halogens is 1. The van der Waals surface area contributed by atoms with Gasteiger partial charge in [-0.3, -0.25) is 9.59 Å². The molecule has 2 N–H and O–H groups in total. The van der Waals surface area contributed by atoms with Crippen molar-refractivity contribution in [3.8, 4) is 16.9 Å². The highest BCUT2D eigenvalue weighted by molar-refractivity contribution is 6.30. The molecular weight excluding hydrogens is 342 g/mol. The van der Waals surface area contributed by atoms with Gasteiger partial charge in [-0.15, -0.1) is 0 Å². The molecule has 0 saturated carbocycles. The van der Waals surface area contributed by atoms with Gasteiger partial charge in [-0.2, -0.15) is 9.78 Å². The lowest BCUT2D eigenvalue weighted by Crippen LogP contribution is -2.18. The summed E-state index contributed by atoms with van der Waals surface area (Å²) in [5.74, 6) is -0.370. The zero-order valence-corrected chi connectivity index (χ0v) is 13.7. The Morgan fingerprint density at radius 2 is 1.88 bits per heavy atom. The van der Waals surface area contributed by atoms with Crippen LogP contribution in [0.15, 0.2) is 57.7 Å². The van der Waals surface area contributed by atoms with Crippen molar-refractivity contribution in [3.05, 3.63) is 69.7 Å². The van der Waals surface area contributed by atoms with Gasteiger partial charge in [-0.05, 0) is 36.4 Å². The first-order valence-electron chi connectivity index (χ1n) is 7.52. The highest BCUT2D eigenvalue weighted by Gasteiger charge is 2.25. The molecule has 4 rings (SSSR count). The minimum absolute atomic E-state index is 0.178. The van der Waals surface area contributed by atoms with Crippen LogP contribution in [0.5, 0.6) is 0 Å². The summed E-state index contributed by atoms with van der Waals surface area (Å²) in [5.41, 5.74) is 6.76. The van der Waals surface area contributed by atoms with Gasteiger partial charge >= 0.3 is 0 Å². The second-order valence-corrected chi connectivity index (χ2v) is 6.02. The molecule has 2 aromatic carbocycles. The molecule has 0 radical (unpaired) electrons. The fourth-order valence-electron chi connectivity index (χ4n) is 2.82. The third kappa shape index (κ3) is 2.56. The zero-order valence-electron chi connectivity index (χ0n) is 12.9. The Labute approximate surface area is 146 Å². The molecule has 0 spiro atoms. The van der Waals surface area contributed by atoms with Crippen LogP contribution in [0.3, 0.4) is 0 Å². The summed E-state index contributed by atoms with van der Waals surface area (Å²) < 4.78 is 7.03. The van der Waals surface area contributed by atoms with Gasteiger partial charge < -0.3 is 10.2 Å². The van der Waals surface area contributed by atoms with Crippen LogP contribution in [0, 0.1) is 0 Å². The summed E-state index contributed by atoms with van der Waals surface area (Å²) in [4.78, 5) is 24.3. The molecule has 0 bridgehead atoms. The molecule has 0 aromatic heterocycles. The first-order valence-corrected chi connectivity index (χ1v) is 7.90. The number of aromatic nitrogens is 2. The third-order valence-electron chi connectivity index (χ3n) is 3.90. The number of carbonyl (C=O) groups excluding carboxylic acids is 1. The predicted molar refractivity (Wildman–Crippen MR) is 94.1 cm³/mol. The highest BCUT2D eigenvalue weighted by Crippen LogP contribution is 2.31. The van der Waals surface area contributed by atoms with Gasteiger partial charge in [0.1, 0.15) is 22.6 Å². The lowest BCUT2D eigenvalue weighted by Gasteiger charge is -2.06. The molecule has 2 heterocycles. The van der Waals surface area contributed by atoms with Crippen molar-refractivity contribution >= 4 is 28.5 Å². The summed E-state index contributed by atoms with van der Waals surface area (Å²) in [5, 5.41) is 5.71. The molecule has 1 amide bonds. The Bertz CT molecular complexity index is 1130. The topological polar surface area (TPSA) is 91.1 Å². The molecule has 25 heavy (non-hydrogen) atoms. The van der Waals surface area contributed by atoms with Gasteiger partial charge in [0.15, 0.2) is 0 Å². The summed E-state index contributed by atoms with van der Waals surface area (Å²) >= 11 is 5.90. The molecule has 7 heteroatoms. The van der Waals surface area contributed by atoms with Gasteiger partial charge in [-0.25, -0.2) is 0 Å². The van der Waals surface area contributed by atoms with Crippen molar-refractivity contribution in [2.24, 2.45) is 5.73 Å². The van der Waals surface area contributed by atoms with Gasteiger partial charge in [0.05, 0.1) is 12.1 Å². The lowest BCUT2D eigenvalue weighted by molar-refractivity contribution is -0.117. The molecule has 2 aliphatic heterocycles. The molecule has 0 atom stereocenters. The maximum atomic E-state index is 12.9. The Balaban J connectivity index is 2.07. The number of primary amides is 1. The van der Waals surface area contributed by atoms with E-state index in [4.69, 9.17) is 21.8 Å². The van der Waals surface area contributed by atoms with Crippen LogP contribution in [-0.2, 0) is 11.2 Å². The van der Waals surface area contributed by atoms with Crippen molar-refractivity contribution in [3.63, 3.8) is 0 Å². The van der Waals surface area contributed by atoms with Gasteiger partial charge in [-0.1, -0.05) is 23.7 Å². The van der Waals surface area contributed by atoms with E-state index in [-0.39, 0.29) is 23.3 Å². The van der Waals surface area contributed by atoms with Crippen molar-refractivity contribution in [1.82, 2.24) is 9.78 Å². The van der Waals surface area contributed by atoms with Crippen LogP contribution in [0.2, 0.25) is 5.02 Å². The average Bonchev–Trinajstić information content (AvgIpc) is 2.93. The van der Waals surface area contributed by atoms with Crippen LogP contribution in [0.4, 0.5) is 0 Å². The maximum Gasteiger partial charge on any atom is 0.284 e. The minimum Gasteiger partial charge on any atom is -0.460 e. The van der Waals surface area contributed by atoms with E-state index < -0.39 is 5.91 Å². The molecule has 0 aliphatic carbocycles. The monoisotopic (exact) mass is 353 g/mol. The first-order chi connectivity index (χ1) is 12.0. The van der Waals surface area contributed by atoms with E-state index in [0.717, 1.165) is 0 Å². The molecule has 0 unspecified atom stereocenters. The van der Waals surface area contributed by atoms with E-state index in [9.17, 15) is 9.59 Å². The van der Waals surface area contributed by atoms with E-state index in [0.29, 0.717) is 27.4 Å². The quantitative estimate of drug-likeness (QED) is 0.613. The normalized spacial score (nSPS) is 11.2. The van der Waals surface area contributed by atoms with Crippen molar-refractivity contribution in [2.45, 2.75) is 6.42 Å². The highest BCUT2D eigenvalue weighted by atomic mass is 35.5. The molecule has 124 valence electrons. The van der Waals surface area contributed by atoms with E-state index in [2.05, 4.69) is 5.10 Å². The number of amides is 1. The molecule has 0 saturated heterocycles. The number of nitrogens with two attached hydrogens (primary N) is 1. The van der Waals surface area contributed by atoms with Crippen LogP contribution < -0.4 is 11.3 Å². The number of carbonyl (C=O) groups is 1. The molecular formula is C18H12ClN3O3. The number of hydrogen-bond donors (Lipinski definition) is 1. The standard InChI is InChI=1S/C18H12ClN3O3/c19-10-5-7-11(8-6-10)22-18(24)16-14(9-15(20)23)25-13-4-2-1-3-12(13)17(16)21-22/h1-8H,9H2,(H2,20,23). The number of rotatable bonds is 3. The van der Waals surface area contributed by atoms with Crippen LogP contribution in [0.25, 0.3) is 27.9 Å². The summed E-state index contributed by atoms with van der Waals surface area (Å²) in [6.07, 6.45) is -0.178. The Morgan fingerprint density at radius 1 is 1.16 bits per heavy atom. The van der Waals surface area contributed by atoms with Crippen LogP contribution in [-0.4, -0.2) is 15.7 Å². The predicted octanol–water partition coefficient (Wildman–Crippen LogP) is 2.76. The van der Waals surface area contributed by atoms with Crippen molar-refractivity contribution in [2.75, 3.05) is 0 Å². The van der Waals surface area contributed by atoms with E-state index >= 15 is 0 Å². The molecule has 6 nitrogen and oxygen atoms in total. The van der Waals surface area contributed by atoms with Crippen LogP contribution >= 0.6 is 11.6 Å². The van der Waals surface area contributed by atoms with Crippen LogP contribution in [0.1, 0.15) is 5.76 Å². The first kappa shape index (κ1) is 15.4. The van der Waals surface area contributed by atoms with Gasteiger partial charge in [0.25, 0.3) is 5.56 Å². The lowest BCUT2D eigenvalue weighted by atomic mass is 10.1. The number of hydrogen-bond acceptors (Lipinski definition) is 4. The van der Waals surface area contributed by atoms with Gasteiger partial charge in [0, 0.05) is 10.4 Å². The zero-order chi connectivity index (χ0) is 17.6. The smallest absolute Gasteiger partial charge is 0.284 e. The number of fused-ring (bicyclic) bond motifs is 3. The minimum atomic E-state index is -0.584. The molecule has 0 fully saturated rings. The Morgan fingerprint density at radius 3 is 2.60 bits per heavy atom. The second-order valence-electron chi connectivity index (χ2n) is 5.58. The Hall–Kier alpha value is -3.12. The Kier molecular flexibility index (Phi) is 3.54. The second kappa shape index (κ2) is 5.75. The number of benzene rings is 2. The summed E-state index contributed by atoms with van der Waals surface area (Å²) in [6, 6.07) is 14.0. The molecule has 2 aliphatic rings. The fourth-order valence-corrected chi connectivity index (χ4v) is 2.94. The van der Waals surface area contributed by atoms with E-state index in [1.165, 1.54) is 4.68 Å². The number of nitrogens with zero attached hydrogens (tertiary/aromatic N) is 2. The maximum absolute atomic E-state index is 12.9. The fraction of sp³-hybridized carbons (Fsp3) is 0.0556. The molecule has 2 aromatic rings. The number of para-hydroxylation sites is 1. The van der Waals surface area contributed by atoms with E-state index in [1.54, 1.807) is 36.4 Å². The third-order valence-corrected chi connectivity index (χ3v) is 4.16. The van der Waals surface area contributed by atoms with Crippen molar-refractivity contribution < 1.29 is 9.21 Å². The average molecular weight is 354 g/mol. The summed E-state index contributed by atoms with van der Waals surface area (Å²) in [6.45, 7) is 0. The van der Waals surface area contributed by atoms with Crippen molar-refractivity contribution in [1.29, 1.82) is 0 Å².